The van der Waals surface area contributed by atoms with Crippen LogP contribution >= 0.6 is 0 Å². The smallest absolute Gasteiger partial charge is 0.405 e. The Morgan fingerprint density at radius 1 is 1.58 bits per heavy atom. The number of ether oxygens (including phenoxy) is 1. The second-order valence-corrected chi connectivity index (χ2v) is 3.54. The van der Waals surface area contributed by atoms with Crippen LogP contribution < -0.4 is 5.32 Å². The van der Waals surface area contributed by atoms with Crippen LogP contribution in [0.25, 0.3) is 0 Å². The number of aldehydes is 1. The summed E-state index contributed by atoms with van der Waals surface area (Å²) in [4.78, 5) is 20.8. The lowest BCUT2D eigenvalue weighted by molar-refractivity contribution is -0.127. The fourth-order valence-corrected chi connectivity index (χ4v) is 2.05. The van der Waals surface area contributed by atoms with Crippen molar-refractivity contribution in [2.45, 2.75) is 24.0 Å². The van der Waals surface area contributed by atoms with Gasteiger partial charge in [-0.25, -0.2) is 4.79 Å². The van der Waals surface area contributed by atoms with Crippen molar-refractivity contribution in [2.24, 2.45) is 0 Å². The molecule has 3 fully saturated rings. The van der Waals surface area contributed by atoms with Gasteiger partial charge in [-0.3, -0.25) is 0 Å². The quantitative estimate of drug-likeness (QED) is 0.562. The van der Waals surface area contributed by atoms with E-state index in [1.165, 1.54) is 0 Å². The molecule has 3 aliphatic rings. The topological polar surface area (TPSA) is 75.6 Å². The fourth-order valence-electron chi connectivity index (χ4n) is 2.05. The Hall–Kier alpha value is -1.10. The number of amides is 1. The minimum atomic E-state index is -1.06. The van der Waals surface area contributed by atoms with Crippen LogP contribution in [0.1, 0.15) is 12.8 Å². The standard InChI is InChI=1S/C7H9NO4/c9-3-7-1-6(2-7,4-12-7)8-5(10)11/h3,8H,1-2,4H2,(H,10,11). The van der Waals surface area contributed by atoms with Gasteiger partial charge < -0.3 is 20.0 Å². The zero-order chi connectivity index (χ0) is 8.82. The zero-order valence-corrected chi connectivity index (χ0v) is 6.37. The molecular weight excluding hydrogens is 162 g/mol. The van der Waals surface area contributed by atoms with E-state index in [4.69, 9.17) is 9.84 Å². The maximum atomic E-state index is 10.5. The van der Waals surface area contributed by atoms with E-state index in [-0.39, 0.29) is 0 Å². The van der Waals surface area contributed by atoms with Crippen LogP contribution in [0.15, 0.2) is 0 Å². The van der Waals surface area contributed by atoms with Crippen molar-refractivity contribution < 1.29 is 19.4 Å². The summed E-state index contributed by atoms with van der Waals surface area (Å²) in [6.45, 7) is 0.318. The van der Waals surface area contributed by atoms with Gasteiger partial charge in [-0.2, -0.15) is 0 Å². The molecule has 5 nitrogen and oxygen atoms in total. The second kappa shape index (κ2) is 1.98. The number of carboxylic acid groups (broad SMARTS) is 1. The largest absolute Gasteiger partial charge is 0.465 e. The van der Waals surface area contributed by atoms with Crippen molar-refractivity contribution in [3.8, 4) is 0 Å². The summed E-state index contributed by atoms with van der Waals surface area (Å²) in [5.74, 6) is 0. The minimum Gasteiger partial charge on any atom is -0.465 e. The number of fused-ring (bicyclic) bond motifs is 1. The van der Waals surface area contributed by atoms with Gasteiger partial charge in [0, 0.05) is 12.8 Å². The zero-order valence-electron chi connectivity index (χ0n) is 6.37. The molecule has 2 saturated heterocycles. The molecule has 0 atom stereocenters. The maximum absolute atomic E-state index is 10.5. The SMILES string of the molecule is O=CC12CC(NC(=O)O)(CO1)C2. The highest BCUT2D eigenvalue weighted by Crippen LogP contribution is 2.50. The van der Waals surface area contributed by atoms with Crippen LogP contribution in [0.3, 0.4) is 0 Å². The first kappa shape index (κ1) is 7.54. The maximum Gasteiger partial charge on any atom is 0.405 e. The monoisotopic (exact) mass is 171 g/mol. The Balaban J connectivity index is 2.04. The van der Waals surface area contributed by atoms with E-state index < -0.39 is 17.2 Å². The summed E-state index contributed by atoms with van der Waals surface area (Å²) >= 11 is 0. The molecule has 0 aromatic rings. The van der Waals surface area contributed by atoms with Gasteiger partial charge in [0.2, 0.25) is 0 Å². The molecule has 5 heteroatoms. The molecule has 0 aromatic carbocycles. The lowest BCUT2D eigenvalue weighted by Crippen LogP contribution is -2.59. The van der Waals surface area contributed by atoms with E-state index in [0.29, 0.717) is 19.4 Å². The van der Waals surface area contributed by atoms with Crippen LogP contribution in [-0.4, -0.2) is 35.2 Å². The first-order chi connectivity index (χ1) is 5.60. The van der Waals surface area contributed by atoms with Gasteiger partial charge in [0.1, 0.15) is 5.60 Å². The van der Waals surface area contributed by atoms with Crippen molar-refractivity contribution in [1.29, 1.82) is 0 Å². The van der Waals surface area contributed by atoms with Gasteiger partial charge in [-0.1, -0.05) is 0 Å². The van der Waals surface area contributed by atoms with Gasteiger partial charge in [-0.15, -0.1) is 0 Å². The lowest BCUT2D eigenvalue weighted by Gasteiger charge is -2.40. The third-order valence-electron chi connectivity index (χ3n) is 2.50. The van der Waals surface area contributed by atoms with Crippen molar-refractivity contribution >= 4 is 12.4 Å². The Bertz CT molecular complexity index is 244. The molecule has 0 aromatic heterocycles. The molecule has 2 bridgehead atoms. The average Bonchev–Trinajstić information content (AvgIpc) is 2.40. The molecule has 0 spiro atoms. The van der Waals surface area contributed by atoms with Crippen LogP contribution in [0.4, 0.5) is 4.79 Å². The van der Waals surface area contributed by atoms with Crippen molar-refractivity contribution in [3.05, 3.63) is 0 Å². The van der Waals surface area contributed by atoms with Gasteiger partial charge in [-0.05, 0) is 0 Å². The number of carbonyl (C=O) groups is 2. The van der Waals surface area contributed by atoms with E-state index in [0.717, 1.165) is 6.29 Å². The van der Waals surface area contributed by atoms with Crippen LogP contribution in [0, 0.1) is 0 Å². The van der Waals surface area contributed by atoms with Crippen molar-refractivity contribution in [3.63, 3.8) is 0 Å². The summed E-state index contributed by atoms with van der Waals surface area (Å²) in [5, 5.41) is 10.8. The summed E-state index contributed by atoms with van der Waals surface area (Å²) < 4.78 is 5.17. The minimum absolute atomic E-state index is 0.318. The van der Waals surface area contributed by atoms with E-state index in [1.807, 2.05) is 0 Å². The Morgan fingerprint density at radius 3 is 2.67 bits per heavy atom. The number of nitrogens with one attached hydrogen (secondary N) is 1. The van der Waals surface area contributed by atoms with E-state index in [2.05, 4.69) is 5.32 Å². The van der Waals surface area contributed by atoms with Gasteiger partial charge >= 0.3 is 6.09 Å². The van der Waals surface area contributed by atoms with Crippen molar-refractivity contribution in [1.82, 2.24) is 5.32 Å². The van der Waals surface area contributed by atoms with Crippen molar-refractivity contribution in [2.75, 3.05) is 6.61 Å². The number of hydrogen-bond acceptors (Lipinski definition) is 3. The molecule has 0 unspecified atom stereocenters. The fraction of sp³-hybridized carbons (Fsp3) is 0.714. The first-order valence-electron chi connectivity index (χ1n) is 3.71. The third-order valence-corrected chi connectivity index (χ3v) is 2.50. The third kappa shape index (κ3) is 0.828. The van der Waals surface area contributed by atoms with Crippen LogP contribution in [-0.2, 0) is 9.53 Å². The van der Waals surface area contributed by atoms with E-state index in [9.17, 15) is 9.59 Å². The van der Waals surface area contributed by atoms with Gasteiger partial charge in [0.05, 0.1) is 12.1 Å². The molecule has 66 valence electrons. The summed E-state index contributed by atoms with van der Waals surface area (Å²) in [6.07, 6.45) is 0.674. The Morgan fingerprint density at radius 2 is 2.25 bits per heavy atom. The summed E-state index contributed by atoms with van der Waals surface area (Å²) in [6, 6.07) is 0. The van der Waals surface area contributed by atoms with Gasteiger partial charge in [0.25, 0.3) is 0 Å². The highest BCUT2D eigenvalue weighted by Gasteiger charge is 2.63. The predicted molar refractivity (Wildman–Crippen MR) is 37.9 cm³/mol. The molecule has 2 aliphatic heterocycles. The van der Waals surface area contributed by atoms with Crippen LogP contribution in [0.5, 0.6) is 0 Å². The van der Waals surface area contributed by atoms with Gasteiger partial charge in [0.15, 0.2) is 6.29 Å². The number of hydrogen-bond donors (Lipinski definition) is 2. The van der Waals surface area contributed by atoms with E-state index >= 15 is 0 Å². The molecule has 2 heterocycles. The molecule has 1 aliphatic carbocycles. The molecule has 2 N–H and O–H groups in total. The lowest BCUT2D eigenvalue weighted by atomic mass is 9.69. The molecule has 1 saturated carbocycles. The average molecular weight is 171 g/mol. The van der Waals surface area contributed by atoms with Crippen LogP contribution in [0.2, 0.25) is 0 Å². The predicted octanol–water partition coefficient (Wildman–Crippen LogP) is -0.246. The molecule has 1 amide bonds. The second-order valence-electron chi connectivity index (χ2n) is 3.54. The molecule has 0 radical (unpaired) electrons. The highest BCUT2D eigenvalue weighted by molar-refractivity contribution is 5.71. The highest BCUT2D eigenvalue weighted by atomic mass is 16.5. The number of carbonyl (C=O) groups excluding carboxylic acids is 1. The first-order valence-corrected chi connectivity index (χ1v) is 3.71. The molecular formula is C7H9NO4. The normalized spacial score (nSPS) is 43.3. The summed E-state index contributed by atoms with van der Waals surface area (Å²) in [5.41, 5.74) is -1.16. The van der Waals surface area contributed by atoms with E-state index in [1.54, 1.807) is 0 Å². The Kier molecular flexibility index (Phi) is 1.24. The molecule has 3 rings (SSSR count). The molecule has 12 heavy (non-hydrogen) atoms. The summed E-state index contributed by atoms with van der Waals surface area (Å²) in [7, 11) is 0. The Labute approximate surface area is 68.7 Å². The number of rotatable bonds is 2.